The predicted octanol–water partition coefficient (Wildman–Crippen LogP) is -0.289. The molecule has 0 atom stereocenters. The SMILES string of the molecule is CCCCn1nnnc1CSc1nnnn1CCN. The van der Waals surface area contributed by atoms with Crippen molar-refractivity contribution in [3.8, 4) is 0 Å². The lowest BCUT2D eigenvalue weighted by atomic mass is 10.3. The molecule has 0 fully saturated rings. The van der Waals surface area contributed by atoms with E-state index in [1.165, 1.54) is 11.8 Å². The molecule has 0 aromatic carbocycles. The van der Waals surface area contributed by atoms with Crippen LogP contribution >= 0.6 is 11.8 Å². The zero-order valence-corrected chi connectivity index (χ0v) is 11.6. The highest BCUT2D eigenvalue weighted by Crippen LogP contribution is 2.18. The van der Waals surface area contributed by atoms with Gasteiger partial charge in [0, 0.05) is 13.1 Å². The van der Waals surface area contributed by atoms with Gasteiger partial charge in [0.2, 0.25) is 5.16 Å². The molecule has 0 aliphatic heterocycles. The molecule has 2 rings (SSSR count). The Morgan fingerprint density at radius 2 is 1.89 bits per heavy atom. The molecule has 2 aromatic rings. The van der Waals surface area contributed by atoms with E-state index in [4.69, 9.17) is 5.73 Å². The Labute approximate surface area is 114 Å². The van der Waals surface area contributed by atoms with Crippen molar-refractivity contribution in [3.63, 3.8) is 0 Å². The zero-order valence-electron chi connectivity index (χ0n) is 10.8. The number of rotatable bonds is 8. The van der Waals surface area contributed by atoms with Gasteiger partial charge in [-0.15, -0.1) is 10.2 Å². The molecule has 0 radical (unpaired) electrons. The number of nitrogens with two attached hydrogens (primary N) is 1. The highest BCUT2D eigenvalue weighted by molar-refractivity contribution is 7.98. The second-order valence-corrected chi connectivity index (χ2v) is 4.88. The molecule has 0 aliphatic rings. The third-order valence-corrected chi connectivity index (χ3v) is 3.45. The van der Waals surface area contributed by atoms with Crippen LogP contribution in [0, 0.1) is 0 Å². The van der Waals surface area contributed by atoms with Gasteiger partial charge < -0.3 is 5.73 Å². The molecule has 0 aliphatic carbocycles. The van der Waals surface area contributed by atoms with Crippen molar-refractivity contribution in [2.45, 2.75) is 43.8 Å². The molecule has 0 amide bonds. The molecule has 19 heavy (non-hydrogen) atoms. The Balaban J connectivity index is 1.94. The average molecular weight is 283 g/mol. The number of nitrogens with zero attached hydrogens (tertiary/aromatic N) is 8. The molecule has 0 unspecified atom stereocenters. The number of hydrogen-bond acceptors (Lipinski definition) is 8. The van der Waals surface area contributed by atoms with E-state index < -0.39 is 0 Å². The molecule has 0 saturated carbocycles. The number of hydrogen-bond donors (Lipinski definition) is 1. The number of tetrazole rings is 2. The van der Waals surface area contributed by atoms with Crippen LogP contribution in [0.5, 0.6) is 0 Å². The highest BCUT2D eigenvalue weighted by Gasteiger charge is 2.10. The van der Waals surface area contributed by atoms with Crippen LogP contribution in [0.2, 0.25) is 0 Å². The fourth-order valence-corrected chi connectivity index (χ4v) is 2.34. The summed E-state index contributed by atoms with van der Waals surface area (Å²) < 4.78 is 3.51. The standard InChI is InChI=1S/C9H17N9S/c1-2-3-5-17-8(11-13-15-17)7-19-9-12-14-16-18(9)6-4-10/h2-7,10H2,1H3. The molecule has 0 saturated heterocycles. The van der Waals surface area contributed by atoms with Gasteiger partial charge in [-0.1, -0.05) is 25.1 Å². The molecular weight excluding hydrogens is 266 g/mol. The molecule has 0 bridgehead atoms. The number of aromatic nitrogens is 8. The largest absolute Gasteiger partial charge is 0.329 e. The van der Waals surface area contributed by atoms with Crippen molar-refractivity contribution in [3.05, 3.63) is 5.82 Å². The van der Waals surface area contributed by atoms with E-state index >= 15 is 0 Å². The molecule has 2 heterocycles. The van der Waals surface area contributed by atoms with Crippen LogP contribution in [0.15, 0.2) is 5.16 Å². The maximum absolute atomic E-state index is 5.50. The fraction of sp³-hybridized carbons (Fsp3) is 0.778. The predicted molar refractivity (Wildman–Crippen MR) is 69.2 cm³/mol. The van der Waals surface area contributed by atoms with E-state index in [9.17, 15) is 0 Å². The van der Waals surface area contributed by atoms with Crippen molar-refractivity contribution >= 4 is 11.8 Å². The zero-order chi connectivity index (χ0) is 13.5. The first-order valence-corrected chi connectivity index (χ1v) is 7.17. The van der Waals surface area contributed by atoms with Gasteiger partial charge in [-0.3, -0.25) is 0 Å². The maximum atomic E-state index is 5.50. The Morgan fingerprint density at radius 3 is 2.68 bits per heavy atom. The van der Waals surface area contributed by atoms with Crippen LogP contribution in [-0.4, -0.2) is 47.0 Å². The second kappa shape index (κ2) is 7.14. The Morgan fingerprint density at radius 1 is 1.11 bits per heavy atom. The summed E-state index contributed by atoms with van der Waals surface area (Å²) in [5.41, 5.74) is 5.50. The second-order valence-electron chi connectivity index (χ2n) is 3.93. The van der Waals surface area contributed by atoms with Gasteiger partial charge in [0.05, 0.1) is 12.3 Å². The summed E-state index contributed by atoms with van der Waals surface area (Å²) in [6.07, 6.45) is 2.18. The Hall–Kier alpha value is -1.55. The van der Waals surface area contributed by atoms with E-state index in [0.29, 0.717) is 18.8 Å². The molecular formula is C9H17N9S. The van der Waals surface area contributed by atoms with Gasteiger partial charge >= 0.3 is 0 Å². The van der Waals surface area contributed by atoms with E-state index in [1.54, 1.807) is 4.68 Å². The molecule has 0 spiro atoms. The van der Waals surface area contributed by atoms with Gasteiger partial charge in [-0.05, 0) is 27.3 Å². The summed E-state index contributed by atoms with van der Waals surface area (Å²) in [6, 6.07) is 0. The molecule has 9 nitrogen and oxygen atoms in total. The normalized spacial score (nSPS) is 11.1. The topological polar surface area (TPSA) is 113 Å². The van der Waals surface area contributed by atoms with Gasteiger partial charge in [0.15, 0.2) is 5.82 Å². The number of aryl methyl sites for hydroxylation is 1. The van der Waals surface area contributed by atoms with E-state index in [0.717, 1.165) is 30.4 Å². The minimum atomic E-state index is 0.507. The van der Waals surface area contributed by atoms with Crippen LogP contribution < -0.4 is 5.73 Å². The van der Waals surface area contributed by atoms with Crippen LogP contribution in [-0.2, 0) is 18.8 Å². The van der Waals surface area contributed by atoms with Gasteiger partial charge in [0.1, 0.15) is 0 Å². The van der Waals surface area contributed by atoms with Crippen molar-refractivity contribution in [2.75, 3.05) is 6.54 Å². The summed E-state index contributed by atoms with van der Waals surface area (Å²) >= 11 is 1.51. The first kappa shape index (κ1) is 13.9. The van der Waals surface area contributed by atoms with Gasteiger partial charge in [-0.25, -0.2) is 9.36 Å². The molecule has 104 valence electrons. The van der Waals surface area contributed by atoms with Crippen LogP contribution in [0.1, 0.15) is 25.6 Å². The van der Waals surface area contributed by atoms with E-state index in [2.05, 4.69) is 38.0 Å². The summed E-state index contributed by atoms with van der Waals surface area (Å²) in [7, 11) is 0. The number of thioether (sulfide) groups is 1. The summed E-state index contributed by atoms with van der Waals surface area (Å²) in [5, 5.41) is 23.9. The molecule has 2 N–H and O–H groups in total. The highest BCUT2D eigenvalue weighted by atomic mass is 32.2. The third-order valence-electron chi connectivity index (χ3n) is 2.50. The molecule has 10 heteroatoms. The van der Waals surface area contributed by atoms with Gasteiger partial charge in [-0.2, -0.15) is 0 Å². The van der Waals surface area contributed by atoms with Crippen molar-refractivity contribution < 1.29 is 0 Å². The van der Waals surface area contributed by atoms with Gasteiger partial charge in [0.25, 0.3) is 0 Å². The minimum Gasteiger partial charge on any atom is -0.329 e. The first-order valence-electron chi connectivity index (χ1n) is 6.19. The summed E-state index contributed by atoms with van der Waals surface area (Å²) in [6.45, 7) is 4.09. The van der Waals surface area contributed by atoms with Crippen LogP contribution in [0.25, 0.3) is 0 Å². The average Bonchev–Trinajstić information content (AvgIpc) is 3.03. The Kier molecular flexibility index (Phi) is 5.21. The van der Waals surface area contributed by atoms with Crippen molar-refractivity contribution in [2.24, 2.45) is 5.73 Å². The quantitative estimate of drug-likeness (QED) is 0.657. The monoisotopic (exact) mass is 283 g/mol. The van der Waals surface area contributed by atoms with Crippen LogP contribution in [0.4, 0.5) is 0 Å². The smallest absolute Gasteiger partial charge is 0.209 e. The van der Waals surface area contributed by atoms with E-state index in [-0.39, 0.29) is 0 Å². The lowest BCUT2D eigenvalue weighted by Crippen LogP contribution is -2.12. The minimum absolute atomic E-state index is 0.507. The summed E-state index contributed by atoms with van der Waals surface area (Å²) in [5.74, 6) is 1.47. The maximum Gasteiger partial charge on any atom is 0.209 e. The number of unbranched alkanes of at least 4 members (excludes halogenated alkanes) is 1. The third kappa shape index (κ3) is 3.70. The van der Waals surface area contributed by atoms with Crippen LogP contribution in [0.3, 0.4) is 0 Å². The van der Waals surface area contributed by atoms with Crippen molar-refractivity contribution in [1.29, 1.82) is 0 Å². The lowest BCUT2D eigenvalue weighted by Gasteiger charge is -2.03. The van der Waals surface area contributed by atoms with E-state index in [1.807, 2.05) is 4.68 Å². The summed E-state index contributed by atoms with van der Waals surface area (Å²) in [4.78, 5) is 0. The lowest BCUT2D eigenvalue weighted by molar-refractivity contribution is 0.539. The first-order chi connectivity index (χ1) is 9.35. The fourth-order valence-electron chi connectivity index (χ4n) is 1.50. The molecule has 2 aromatic heterocycles. The Bertz CT molecular complexity index is 493. The van der Waals surface area contributed by atoms with Crippen molar-refractivity contribution in [1.82, 2.24) is 40.4 Å².